The van der Waals surface area contributed by atoms with E-state index in [-0.39, 0.29) is 25.8 Å². The molecule has 10 N–H and O–H groups in total. The fourth-order valence-electron chi connectivity index (χ4n) is 6.82. The van der Waals surface area contributed by atoms with Gasteiger partial charge in [-0.25, -0.2) is 0 Å². The number of aromatic nitrogens is 1. The fourth-order valence-corrected chi connectivity index (χ4v) is 7.79. The van der Waals surface area contributed by atoms with Crippen molar-refractivity contribution >= 4 is 61.9 Å². The number of thiophene rings is 1. The van der Waals surface area contributed by atoms with E-state index in [1.54, 1.807) is 6.20 Å². The third kappa shape index (κ3) is 8.91. The monoisotopic (exact) mass is 736 g/mol. The molecule has 1 aliphatic heterocycles. The fraction of sp³-hybridized carbons (Fsp3) is 0.308. The first-order valence-electron chi connectivity index (χ1n) is 17.6. The summed E-state index contributed by atoms with van der Waals surface area (Å²) in [5.41, 5.74) is 13.4. The second-order valence-corrected chi connectivity index (χ2v) is 14.3. The van der Waals surface area contributed by atoms with Gasteiger partial charge in [-0.1, -0.05) is 66.7 Å². The smallest absolute Gasteiger partial charge is 0.243 e. The number of piperidine rings is 1. The van der Waals surface area contributed by atoms with Crippen LogP contribution in [0.3, 0.4) is 0 Å². The lowest BCUT2D eigenvalue weighted by Crippen LogP contribution is -2.65. The molecular formula is C39H44N8O5S. The Kier molecular flexibility index (Phi) is 11.8. The molecule has 1 saturated heterocycles. The van der Waals surface area contributed by atoms with Crippen molar-refractivity contribution < 1.29 is 24.0 Å². The minimum absolute atomic E-state index is 0.0666. The molecule has 3 aromatic carbocycles. The Morgan fingerprint density at radius 2 is 1.32 bits per heavy atom. The van der Waals surface area contributed by atoms with E-state index in [2.05, 4.69) is 31.6 Å². The average Bonchev–Trinajstić information content (AvgIpc) is 3.78. The van der Waals surface area contributed by atoms with E-state index in [1.807, 2.05) is 84.2 Å². The number of primary amides is 1. The summed E-state index contributed by atoms with van der Waals surface area (Å²) in [6.07, 6.45) is 2.72. The van der Waals surface area contributed by atoms with Gasteiger partial charge in [0.05, 0.1) is 6.54 Å². The van der Waals surface area contributed by atoms with Gasteiger partial charge < -0.3 is 43.0 Å². The van der Waals surface area contributed by atoms with E-state index in [0.717, 1.165) is 37.7 Å². The highest BCUT2D eigenvalue weighted by atomic mass is 32.1. The van der Waals surface area contributed by atoms with Crippen LogP contribution in [0.2, 0.25) is 0 Å². The molecule has 6 rings (SSSR count). The highest BCUT2D eigenvalue weighted by Crippen LogP contribution is 2.27. The van der Waals surface area contributed by atoms with Crippen molar-refractivity contribution in [3.05, 3.63) is 107 Å². The number of nitrogens with two attached hydrogens (primary N) is 2. The van der Waals surface area contributed by atoms with Gasteiger partial charge in [-0.3, -0.25) is 24.0 Å². The first-order chi connectivity index (χ1) is 25.7. The van der Waals surface area contributed by atoms with Gasteiger partial charge in [-0.15, -0.1) is 11.3 Å². The highest BCUT2D eigenvalue weighted by Gasteiger charge is 2.41. The predicted octanol–water partition coefficient (Wildman–Crippen LogP) is 1.55. The Morgan fingerprint density at radius 1 is 0.717 bits per heavy atom. The molecule has 0 unspecified atom stereocenters. The minimum atomic E-state index is -1.28. The molecule has 5 amide bonds. The summed E-state index contributed by atoms with van der Waals surface area (Å²) in [7, 11) is 0. The number of hydrogen-bond donors (Lipinski definition) is 8. The summed E-state index contributed by atoms with van der Waals surface area (Å²) in [5.74, 6) is -2.96. The van der Waals surface area contributed by atoms with Gasteiger partial charge in [0.1, 0.15) is 23.7 Å². The number of aromatic amines is 1. The van der Waals surface area contributed by atoms with Crippen LogP contribution >= 0.6 is 11.3 Å². The van der Waals surface area contributed by atoms with E-state index in [0.29, 0.717) is 25.9 Å². The van der Waals surface area contributed by atoms with Crippen LogP contribution in [0.5, 0.6) is 0 Å². The van der Waals surface area contributed by atoms with Crippen molar-refractivity contribution in [2.24, 2.45) is 11.5 Å². The first-order valence-corrected chi connectivity index (χ1v) is 18.5. The summed E-state index contributed by atoms with van der Waals surface area (Å²) in [6, 6.07) is 21.2. The maximum Gasteiger partial charge on any atom is 0.243 e. The number of fused-ring (bicyclic) bond motifs is 2. The van der Waals surface area contributed by atoms with Crippen molar-refractivity contribution in [3.63, 3.8) is 0 Å². The maximum absolute atomic E-state index is 14.4. The van der Waals surface area contributed by atoms with Gasteiger partial charge in [0.15, 0.2) is 0 Å². The normalized spacial score (nSPS) is 15.6. The van der Waals surface area contributed by atoms with Crippen molar-refractivity contribution in [2.75, 3.05) is 19.6 Å². The van der Waals surface area contributed by atoms with Gasteiger partial charge in [0.2, 0.25) is 29.5 Å². The van der Waals surface area contributed by atoms with E-state index in [4.69, 9.17) is 11.5 Å². The van der Waals surface area contributed by atoms with Crippen LogP contribution in [0, 0.1) is 0 Å². The molecule has 53 heavy (non-hydrogen) atoms. The Morgan fingerprint density at radius 3 is 2.02 bits per heavy atom. The molecule has 0 bridgehead atoms. The lowest BCUT2D eigenvalue weighted by Gasteiger charge is -2.36. The number of nitrogens with one attached hydrogen (secondary N) is 6. The zero-order valence-electron chi connectivity index (χ0n) is 29.2. The molecular weight excluding hydrogens is 693 g/mol. The topological polar surface area (TPSA) is 213 Å². The second-order valence-electron chi connectivity index (χ2n) is 13.3. The lowest BCUT2D eigenvalue weighted by molar-refractivity contribution is -0.136. The Hall–Kier alpha value is -5.57. The number of para-hydroxylation sites is 1. The number of carbonyl (C=O) groups is 5. The number of hydrogen-bond acceptors (Lipinski definition) is 8. The summed E-state index contributed by atoms with van der Waals surface area (Å²) in [5, 5.41) is 18.3. The summed E-state index contributed by atoms with van der Waals surface area (Å²) >= 11 is 1.53. The van der Waals surface area contributed by atoms with Gasteiger partial charge in [0, 0.05) is 41.1 Å². The summed E-state index contributed by atoms with van der Waals surface area (Å²) in [6.45, 7) is 0.647. The third-order valence-corrected chi connectivity index (χ3v) is 10.8. The Bertz CT molecular complexity index is 2090. The van der Waals surface area contributed by atoms with E-state index in [1.165, 1.54) is 11.3 Å². The summed E-state index contributed by atoms with van der Waals surface area (Å²) < 4.78 is 1.04. The van der Waals surface area contributed by atoms with E-state index in [9.17, 15) is 24.0 Å². The lowest BCUT2D eigenvalue weighted by atomic mass is 9.87. The summed E-state index contributed by atoms with van der Waals surface area (Å²) in [4.78, 5) is 71.1. The molecule has 0 radical (unpaired) electrons. The average molecular weight is 737 g/mol. The number of amides is 5. The molecule has 0 saturated carbocycles. The molecule has 3 heterocycles. The van der Waals surface area contributed by atoms with E-state index >= 15 is 0 Å². The van der Waals surface area contributed by atoms with Crippen LogP contribution in [0.15, 0.2) is 90.4 Å². The van der Waals surface area contributed by atoms with Crippen LogP contribution in [0.1, 0.15) is 29.5 Å². The van der Waals surface area contributed by atoms with Crippen molar-refractivity contribution in [1.29, 1.82) is 0 Å². The third-order valence-electron chi connectivity index (χ3n) is 9.76. The molecule has 14 heteroatoms. The first kappa shape index (κ1) is 37.2. The quantitative estimate of drug-likeness (QED) is 0.0794. The van der Waals surface area contributed by atoms with Gasteiger partial charge in [-0.2, -0.15) is 0 Å². The molecule has 2 aromatic heterocycles. The molecule has 0 aliphatic carbocycles. The van der Waals surface area contributed by atoms with Crippen LogP contribution in [0.25, 0.3) is 21.0 Å². The van der Waals surface area contributed by atoms with Crippen LogP contribution in [-0.4, -0.2) is 77.8 Å². The highest BCUT2D eigenvalue weighted by molar-refractivity contribution is 7.17. The molecule has 3 atom stereocenters. The number of rotatable bonds is 15. The zero-order valence-corrected chi connectivity index (χ0v) is 30.0. The SMILES string of the molecule is NCC(=O)N[C@H](Cc1csc2ccccc12)C(=O)N[C@H](Cc1c[nH]c2ccccc12)C(=O)N[C@@H](Cc1ccccc1)C(=O)NC1(C(N)=O)CCNCC1. The number of carbonyl (C=O) groups excluding carboxylic acids is 5. The second kappa shape index (κ2) is 16.8. The molecule has 13 nitrogen and oxygen atoms in total. The molecule has 276 valence electrons. The van der Waals surface area contributed by atoms with Crippen molar-refractivity contribution in [1.82, 2.24) is 31.6 Å². The molecule has 1 aliphatic rings. The van der Waals surface area contributed by atoms with E-state index < -0.39 is 53.2 Å². The molecule has 1 fully saturated rings. The zero-order chi connectivity index (χ0) is 37.4. The maximum atomic E-state index is 14.4. The van der Waals surface area contributed by atoms with Crippen molar-refractivity contribution in [2.45, 2.75) is 55.8 Å². The number of H-pyrrole nitrogens is 1. The Balaban J connectivity index is 1.30. The molecule has 0 spiro atoms. The number of benzene rings is 3. The van der Waals surface area contributed by atoms with Crippen molar-refractivity contribution in [3.8, 4) is 0 Å². The van der Waals surface area contributed by atoms with Crippen LogP contribution in [-0.2, 0) is 43.2 Å². The van der Waals surface area contributed by atoms with Gasteiger partial charge in [0.25, 0.3) is 0 Å². The predicted molar refractivity (Wildman–Crippen MR) is 205 cm³/mol. The van der Waals surface area contributed by atoms with Crippen LogP contribution < -0.4 is 38.1 Å². The van der Waals surface area contributed by atoms with Gasteiger partial charge in [-0.05, 0) is 65.5 Å². The van der Waals surface area contributed by atoms with Crippen LogP contribution in [0.4, 0.5) is 0 Å². The standard InChI is InChI=1S/C39H44N8O5S/c40-21-34(48)44-31(20-26-23-53-33-13-7-5-11-28(26)33)35(49)46-32(19-25-22-43-29-12-6-4-10-27(25)29)36(50)45-30(18-24-8-2-1-3-9-24)37(51)47-39(38(41)52)14-16-42-17-15-39/h1-13,22-23,30-32,42-43H,14-21,40H2,(H2,41,52)(H,44,48)(H,45,50)(H,46,49)(H,47,51)/t30-,31+,32+/m0/s1. The minimum Gasteiger partial charge on any atom is -0.368 e. The Labute approximate surface area is 310 Å². The molecule has 5 aromatic rings. The van der Waals surface area contributed by atoms with Gasteiger partial charge >= 0.3 is 0 Å². The largest absolute Gasteiger partial charge is 0.368 e.